The van der Waals surface area contributed by atoms with Gasteiger partial charge in [-0.25, -0.2) is 0 Å². The highest BCUT2D eigenvalue weighted by molar-refractivity contribution is 8.07. The van der Waals surface area contributed by atoms with Crippen LogP contribution >= 0.6 is 11.8 Å². The zero-order chi connectivity index (χ0) is 12.0. The van der Waals surface area contributed by atoms with Crippen LogP contribution in [0.3, 0.4) is 0 Å². The van der Waals surface area contributed by atoms with Crippen molar-refractivity contribution in [1.82, 2.24) is 5.48 Å². The summed E-state index contributed by atoms with van der Waals surface area (Å²) in [6.45, 7) is 5.03. The van der Waals surface area contributed by atoms with Gasteiger partial charge in [0, 0.05) is 11.4 Å². The first kappa shape index (κ1) is 13.3. The van der Waals surface area contributed by atoms with Crippen LogP contribution < -0.4 is 5.48 Å². The Morgan fingerprint density at radius 2 is 1.88 bits per heavy atom. The van der Waals surface area contributed by atoms with Crippen molar-refractivity contribution < 1.29 is 4.84 Å². The number of thioether (sulfide) groups is 1. The summed E-state index contributed by atoms with van der Waals surface area (Å²) in [5.74, 6) is 0. The average molecular weight is 237 g/mol. The first-order valence-electron chi connectivity index (χ1n) is 5.25. The number of hydrogen-bond donors (Lipinski definition) is 1. The summed E-state index contributed by atoms with van der Waals surface area (Å²) >= 11 is 1.79. The van der Waals surface area contributed by atoms with E-state index in [1.165, 1.54) is 21.6 Å². The van der Waals surface area contributed by atoms with Crippen molar-refractivity contribution in [3.63, 3.8) is 0 Å². The molecule has 1 rings (SSSR count). The highest BCUT2D eigenvalue weighted by Crippen LogP contribution is 2.28. The molecule has 1 aromatic rings. The molecule has 1 N–H and O–H groups in total. The van der Waals surface area contributed by atoms with Crippen LogP contribution in [0.15, 0.2) is 29.8 Å². The van der Waals surface area contributed by atoms with Gasteiger partial charge in [0.1, 0.15) is 0 Å². The van der Waals surface area contributed by atoms with Crippen LogP contribution in [0.1, 0.15) is 25.0 Å². The Morgan fingerprint density at radius 1 is 1.25 bits per heavy atom. The van der Waals surface area contributed by atoms with Crippen molar-refractivity contribution >= 4 is 16.7 Å². The van der Waals surface area contributed by atoms with Crippen LogP contribution in [0.25, 0.3) is 4.91 Å². The Morgan fingerprint density at radius 3 is 2.31 bits per heavy atom. The summed E-state index contributed by atoms with van der Waals surface area (Å²) in [6, 6.07) is 8.57. The van der Waals surface area contributed by atoms with Gasteiger partial charge in [-0.05, 0) is 31.2 Å². The Kier molecular flexibility index (Phi) is 5.60. The van der Waals surface area contributed by atoms with Gasteiger partial charge in [0.2, 0.25) is 0 Å². The van der Waals surface area contributed by atoms with Gasteiger partial charge in [-0.3, -0.25) is 0 Å². The van der Waals surface area contributed by atoms with Crippen molar-refractivity contribution in [2.24, 2.45) is 0 Å². The average Bonchev–Trinajstić information content (AvgIpc) is 2.28. The monoisotopic (exact) mass is 237 g/mol. The maximum atomic E-state index is 4.82. The van der Waals surface area contributed by atoms with Gasteiger partial charge in [0.15, 0.2) is 0 Å². The van der Waals surface area contributed by atoms with E-state index in [2.05, 4.69) is 49.8 Å². The Balaban J connectivity index is 2.82. The predicted molar refractivity (Wildman–Crippen MR) is 72.1 cm³/mol. The molecule has 0 aliphatic heterocycles. The summed E-state index contributed by atoms with van der Waals surface area (Å²) in [5, 5.41) is 0. The van der Waals surface area contributed by atoms with Crippen LogP contribution in [-0.2, 0) is 11.4 Å². The molecule has 0 aliphatic carbocycles. The third-order valence-electron chi connectivity index (χ3n) is 2.30. The van der Waals surface area contributed by atoms with Gasteiger partial charge in [-0.15, -0.1) is 11.8 Å². The molecule has 0 bridgehead atoms. The molecule has 0 amide bonds. The SMILES string of the molecule is CONCc1ccc(C(SC)=C(C)C)cc1. The van der Waals surface area contributed by atoms with Crippen LogP contribution in [0.4, 0.5) is 0 Å². The normalized spacial score (nSPS) is 10.2. The molecular formula is C13H19NOS. The molecule has 0 radical (unpaired) electrons. The zero-order valence-electron chi connectivity index (χ0n) is 10.3. The summed E-state index contributed by atoms with van der Waals surface area (Å²) in [4.78, 5) is 6.17. The third-order valence-corrected chi connectivity index (χ3v) is 3.35. The fraction of sp³-hybridized carbons (Fsp3) is 0.385. The molecule has 0 aliphatic rings. The molecule has 16 heavy (non-hydrogen) atoms. The third kappa shape index (κ3) is 3.67. The van der Waals surface area contributed by atoms with Crippen molar-refractivity contribution in [2.45, 2.75) is 20.4 Å². The molecule has 0 heterocycles. The van der Waals surface area contributed by atoms with Gasteiger partial charge in [-0.2, -0.15) is 5.48 Å². The lowest BCUT2D eigenvalue weighted by molar-refractivity contribution is 0.0867. The first-order valence-corrected chi connectivity index (χ1v) is 6.48. The summed E-state index contributed by atoms with van der Waals surface area (Å²) < 4.78 is 0. The smallest absolute Gasteiger partial charge is 0.0572 e. The molecule has 0 unspecified atom stereocenters. The summed E-state index contributed by atoms with van der Waals surface area (Å²) in [6.07, 6.45) is 2.11. The highest BCUT2D eigenvalue weighted by Gasteiger charge is 2.02. The molecule has 0 aromatic heterocycles. The van der Waals surface area contributed by atoms with E-state index in [0.717, 1.165) is 6.54 Å². The highest BCUT2D eigenvalue weighted by atomic mass is 32.2. The number of hydrogen-bond acceptors (Lipinski definition) is 3. The number of rotatable bonds is 5. The quantitative estimate of drug-likeness (QED) is 0.793. The minimum absolute atomic E-state index is 0.736. The molecule has 0 atom stereocenters. The van der Waals surface area contributed by atoms with Gasteiger partial charge >= 0.3 is 0 Å². The molecule has 88 valence electrons. The maximum absolute atomic E-state index is 4.82. The largest absolute Gasteiger partial charge is 0.305 e. The molecule has 2 nitrogen and oxygen atoms in total. The maximum Gasteiger partial charge on any atom is 0.0572 e. The number of hydroxylamine groups is 1. The molecular weight excluding hydrogens is 218 g/mol. The second kappa shape index (κ2) is 6.74. The van der Waals surface area contributed by atoms with E-state index in [1.807, 2.05) is 0 Å². The zero-order valence-corrected chi connectivity index (χ0v) is 11.1. The lowest BCUT2D eigenvalue weighted by Crippen LogP contribution is -2.10. The predicted octanol–water partition coefficient (Wildman–Crippen LogP) is 3.45. The fourth-order valence-corrected chi connectivity index (χ4v) is 2.32. The molecule has 0 saturated heterocycles. The lowest BCUT2D eigenvalue weighted by atomic mass is 10.1. The van der Waals surface area contributed by atoms with E-state index in [4.69, 9.17) is 4.84 Å². The van der Waals surface area contributed by atoms with Gasteiger partial charge in [0.25, 0.3) is 0 Å². The minimum atomic E-state index is 0.736. The Bertz CT molecular complexity index is 353. The number of benzene rings is 1. The van der Waals surface area contributed by atoms with Gasteiger partial charge in [-0.1, -0.05) is 29.8 Å². The van der Waals surface area contributed by atoms with E-state index < -0.39 is 0 Å². The second-order valence-corrected chi connectivity index (χ2v) is 4.57. The standard InChI is InChI=1S/C13H19NOS/c1-10(2)13(16-4)12-7-5-11(6-8-12)9-14-15-3/h5-8,14H,9H2,1-4H3. The van der Waals surface area contributed by atoms with Crippen molar-refractivity contribution in [3.05, 3.63) is 41.0 Å². The van der Waals surface area contributed by atoms with E-state index in [-0.39, 0.29) is 0 Å². The fourth-order valence-electron chi connectivity index (χ4n) is 1.54. The Hall–Kier alpha value is -0.770. The van der Waals surface area contributed by atoms with Crippen LogP contribution in [0.5, 0.6) is 0 Å². The van der Waals surface area contributed by atoms with Crippen molar-refractivity contribution in [1.29, 1.82) is 0 Å². The van der Waals surface area contributed by atoms with Gasteiger partial charge in [0.05, 0.1) is 7.11 Å². The summed E-state index contributed by atoms with van der Waals surface area (Å²) in [7, 11) is 1.63. The number of allylic oxidation sites excluding steroid dienone is 1. The van der Waals surface area contributed by atoms with Crippen LogP contribution in [0, 0.1) is 0 Å². The van der Waals surface area contributed by atoms with E-state index in [9.17, 15) is 0 Å². The molecule has 1 aromatic carbocycles. The van der Waals surface area contributed by atoms with Crippen LogP contribution in [-0.4, -0.2) is 13.4 Å². The molecule has 3 heteroatoms. The second-order valence-electron chi connectivity index (χ2n) is 3.76. The van der Waals surface area contributed by atoms with E-state index in [0.29, 0.717) is 0 Å². The van der Waals surface area contributed by atoms with E-state index in [1.54, 1.807) is 18.9 Å². The van der Waals surface area contributed by atoms with Gasteiger partial charge < -0.3 is 4.84 Å². The minimum Gasteiger partial charge on any atom is -0.305 e. The Labute approximate surface area is 102 Å². The topological polar surface area (TPSA) is 21.3 Å². The lowest BCUT2D eigenvalue weighted by Gasteiger charge is -2.08. The molecule has 0 spiro atoms. The number of nitrogens with one attached hydrogen (secondary N) is 1. The van der Waals surface area contributed by atoms with Crippen LogP contribution in [0.2, 0.25) is 0 Å². The van der Waals surface area contributed by atoms with E-state index >= 15 is 0 Å². The first-order chi connectivity index (χ1) is 7.69. The van der Waals surface area contributed by atoms with Crippen molar-refractivity contribution in [2.75, 3.05) is 13.4 Å². The van der Waals surface area contributed by atoms with Crippen molar-refractivity contribution in [3.8, 4) is 0 Å². The summed E-state index contributed by atoms with van der Waals surface area (Å²) in [5.41, 5.74) is 6.70. The molecule has 0 fully saturated rings. The molecule has 0 saturated carbocycles.